The molecule has 0 amide bonds. The summed E-state index contributed by atoms with van der Waals surface area (Å²) in [5, 5.41) is 12.9. The monoisotopic (exact) mass is 399 g/mol. The van der Waals surface area contributed by atoms with Crippen LogP contribution >= 0.6 is 0 Å². The molecule has 1 aliphatic carbocycles. The molecule has 1 aromatic heterocycles. The second-order valence-corrected chi connectivity index (χ2v) is 7.91. The van der Waals surface area contributed by atoms with Crippen molar-refractivity contribution in [2.45, 2.75) is 31.3 Å². The van der Waals surface area contributed by atoms with Crippen LogP contribution in [0.3, 0.4) is 0 Å². The number of carboxylic acids is 1. The van der Waals surface area contributed by atoms with Gasteiger partial charge in [-0.2, -0.15) is 0 Å². The molecule has 1 saturated carbocycles. The van der Waals surface area contributed by atoms with Gasteiger partial charge in [0.2, 0.25) is 5.43 Å². The average Bonchev–Trinajstić information content (AvgIpc) is 3.45. The van der Waals surface area contributed by atoms with Gasteiger partial charge in [-0.05, 0) is 37.4 Å². The van der Waals surface area contributed by atoms with E-state index in [0.717, 1.165) is 25.8 Å². The first-order valence-corrected chi connectivity index (χ1v) is 9.85. The van der Waals surface area contributed by atoms with E-state index in [1.807, 2.05) is 4.90 Å². The minimum Gasteiger partial charge on any atom is -0.492 e. The molecule has 1 aromatic carbocycles. The summed E-state index contributed by atoms with van der Waals surface area (Å²) in [7, 11) is 1.46. The largest absolute Gasteiger partial charge is 0.492 e. The zero-order valence-electron chi connectivity index (χ0n) is 16.1. The molecular weight excluding hydrogens is 377 g/mol. The molecule has 29 heavy (non-hydrogen) atoms. The molecule has 1 unspecified atom stereocenters. The summed E-state index contributed by atoms with van der Waals surface area (Å²) in [5.41, 5.74) is 0.999. The standard InChI is InChI=1S/C21H22FN3O4/c1-29-20-17-13(19(26)14(21(27)28)9-25(17)12-4-5-12)7-15(22)18(20)24-8-11-3-2-6-23-16(11)10-24/h3,7,9,12,16,23H,2,4-6,8,10H2,1H3,(H,27,28). The van der Waals surface area contributed by atoms with E-state index in [2.05, 4.69) is 11.4 Å². The van der Waals surface area contributed by atoms with Gasteiger partial charge in [0.1, 0.15) is 11.3 Å². The lowest BCUT2D eigenvalue weighted by Gasteiger charge is -2.24. The van der Waals surface area contributed by atoms with Gasteiger partial charge < -0.3 is 24.6 Å². The van der Waals surface area contributed by atoms with Crippen LogP contribution in [0.2, 0.25) is 0 Å². The minimum atomic E-state index is -1.31. The highest BCUT2D eigenvalue weighted by molar-refractivity contribution is 5.97. The molecule has 2 N–H and O–H groups in total. The van der Waals surface area contributed by atoms with E-state index in [-0.39, 0.29) is 23.0 Å². The van der Waals surface area contributed by atoms with Crippen molar-refractivity contribution >= 4 is 22.6 Å². The smallest absolute Gasteiger partial charge is 0.341 e. The SMILES string of the molecule is COc1c(N2CC3=CCCNC3C2)c(F)cc2c(=O)c(C(=O)O)cn(C3CC3)c12. The number of fused-ring (bicyclic) bond motifs is 2. The molecule has 3 aliphatic rings. The van der Waals surface area contributed by atoms with Gasteiger partial charge in [-0.3, -0.25) is 4.79 Å². The number of methoxy groups -OCH3 is 1. The summed E-state index contributed by atoms with van der Waals surface area (Å²) < 4.78 is 22.7. The van der Waals surface area contributed by atoms with Crippen LogP contribution in [-0.2, 0) is 0 Å². The van der Waals surface area contributed by atoms with Crippen LogP contribution in [0.15, 0.2) is 28.7 Å². The molecule has 0 radical (unpaired) electrons. The third kappa shape index (κ3) is 2.81. The van der Waals surface area contributed by atoms with Crippen LogP contribution in [-0.4, -0.2) is 48.4 Å². The van der Waals surface area contributed by atoms with Crippen molar-refractivity contribution in [1.82, 2.24) is 9.88 Å². The highest BCUT2D eigenvalue weighted by atomic mass is 19.1. The Bertz CT molecular complexity index is 1120. The maximum Gasteiger partial charge on any atom is 0.341 e. The summed E-state index contributed by atoms with van der Waals surface area (Å²) in [6.45, 7) is 2.11. The van der Waals surface area contributed by atoms with Gasteiger partial charge in [-0.1, -0.05) is 6.08 Å². The summed E-state index contributed by atoms with van der Waals surface area (Å²) in [6, 6.07) is 1.45. The Kier molecular flexibility index (Phi) is 4.13. The van der Waals surface area contributed by atoms with Crippen molar-refractivity contribution in [2.24, 2.45) is 0 Å². The number of aromatic nitrogens is 1. The quantitative estimate of drug-likeness (QED) is 0.768. The van der Waals surface area contributed by atoms with Crippen LogP contribution in [0.25, 0.3) is 10.9 Å². The van der Waals surface area contributed by atoms with Crippen LogP contribution in [0.4, 0.5) is 10.1 Å². The van der Waals surface area contributed by atoms with Crippen molar-refractivity contribution in [3.63, 3.8) is 0 Å². The fourth-order valence-electron chi connectivity index (χ4n) is 4.54. The van der Waals surface area contributed by atoms with Gasteiger partial charge in [-0.25, -0.2) is 9.18 Å². The number of anilines is 1. The predicted octanol–water partition coefficient (Wildman–Crippen LogP) is 2.29. The average molecular weight is 399 g/mol. The van der Waals surface area contributed by atoms with E-state index in [9.17, 15) is 14.7 Å². The number of hydrogen-bond donors (Lipinski definition) is 2. The lowest BCUT2D eigenvalue weighted by Crippen LogP contribution is -2.36. The van der Waals surface area contributed by atoms with Crippen molar-refractivity contribution in [3.05, 3.63) is 45.5 Å². The van der Waals surface area contributed by atoms with E-state index in [0.29, 0.717) is 30.0 Å². The van der Waals surface area contributed by atoms with Gasteiger partial charge in [-0.15, -0.1) is 0 Å². The molecule has 2 aliphatic heterocycles. The Morgan fingerprint density at radius 3 is 2.83 bits per heavy atom. The zero-order chi connectivity index (χ0) is 20.3. The van der Waals surface area contributed by atoms with Crippen LogP contribution in [0.1, 0.15) is 35.7 Å². The summed E-state index contributed by atoms with van der Waals surface area (Å²) in [5.74, 6) is -1.59. The van der Waals surface area contributed by atoms with Gasteiger partial charge in [0.05, 0.1) is 18.0 Å². The lowest BCUT2D eigenvalue weighted by molar-refractivity contribution is 0.0695. The minimum absolute atomic E-state index is 0.0452. The first kappa shape index (κ1) is 18.2. The number of nitrogens with zero attached hydrogens (tertiary/aromatic N) is 2. The van der Waals surface area contributed by atoms with E-state index >= 15 is 4.39 Å². The number of ether oxygens (including phenoxy) is 1. The number of hydrogen-bond acceptors (Lipinski definition) is 5. The first-order valence-electron chi connectivity index (χ1n) is 9.85. The maximum absolute atomic E-state index is 15.3. The van der Waals surface area contributed by atoms with Crippen molar-refractivity contribution in [1.29, 1.82) is 0 Å². The number of carbonyl (C=O) groups is 1. The molecule has 0 bridgehead atoms. The van der Waals surface area contributed by atoms with Crippen LogP contribution in [0, 0.1) is 5.82 Å². The number of pyridine rings is 1. The Morgan fingerprint density at radius 1 is 1.38 bits per heavy atom. The molecule has 1 saturated heterocycles. The summed E-state index contributed by atoms with van der Waals surface area (Å²) >= 11 is 0. The molecule has 0 spiro atoms. The molecule has 8 heteroatoms. The Balaban J connectivity index is 1.75. The van der Waals surface area contributed by atoms with E-state index < -0.39 is 17.2 Å². The number of carboxylic acid groups (broad SMARTS) is 1. The molecule has 152 valence electrons. The van der Waals surface area contributed by atoms with Crippen molar-refractivity contribution < 1.29 is 19.0 Å². The molecular formula is C21H22FN3O4. The Labute approximate surface area is 166 Å². The van der Waals surface area contributed by atoms with Crippen molar-refractivity contribution in [3.8, 4) is 5.75 Å². The van der Waals surface area contributed by atoms with Gasteiger partial charge in [0.25, 0.3) is 0 Å². The second kappa shape index (κ2) is 6.59. The number of nitrogens with one attached hydrogen (secondary N) is 1. The number of rotatable bonds is 4. The summed E-state index contributed by atoms with van der Waals surface area (Å²) in [4.78, 5) is 26.3. The topological polar surface area (TPSA) is 83.8 Å². The fourth-order valence-corrected chi connectivity index (χ4v) is 4.54. The molecule has 1 atom stereocenters. The van der Waals surface area contributed by atoms with Crippen LogP contribution < -0.4 is 20.4 Å². The number of halogens is 1. The fraction of sp³-hybridized carbons (Fsp3) is 0.429. The lowest BCUT2D eigenvalue weighted by atomic mass is 10.1. The molecule has 3 heterocycles. The number of benzene rings is 1. The normalized spacial score (nSPS) is 21.2. The van der Waals surface area contributed by atoms with Gasteiger partial charge in [0.15, 0.2) is 11.6 Å². The molecule has 7 nitrogen and oxygen atoms in total. The summed E-state index contributed by atoms with van der Waals surface area (Å²) in [6.07, 6.45) is 6.30. The Hall–Kier alpha value is -2.87. The van der Waals surface area contributed by atoms with E-state index in [4.69, 9.17) is 4.74 Å². The molecule has 2 fully saturated rings. The molecule has 5 rings (SSSR count). The maximum atomic E-state index is 15.3. The predicted molar refractivity (Wildman–Crippen MR) is 107 cm³/mol. The van der Waals surface area contributed by atoms with Gasteiger partial charge in [0, 0.05) is 31.4 Å². The molecule has 2 aromatic rings. The van der Waals surface area contributed by atoms with Crippen LogP contribution in [0.5, 0.6) is 5.75 Å². The third-order valence-electron chi connectivity index (χ3n) is 6.05. The van der Waals surface area contributed by atoms with Gasteiger partial charge >= 0.3 is 5.97 Å². The Morgan fingerprint density at radius 2 is 2.17 bits per heavy atom. The van der Waals surface area contributed by atoms with E-state index in [1.54, 1.807) is 4.57 Å². The highest BCUT2D eigenvalue weighted by Crippen LogP contribution is 2.44. The number of aromatic carboxylic acids is 1. The zero-order valence-corrected chi connectivity index (χ0v) is 16.1. The van der Waals surface area contributed by atoms with Crippen molar-refractivity contribution in [2.75, 3.05) is 31.6 Å². The third-order valence-corrected chi connectivity index (χ3v) is 6.05. The second-order valence-electron chi connectivity index (χ2n) is 7.91. The van der Waals surface area contributed by atoms with E-state index in [1.165, 1.54) is 24.9 Å². The highest BCUT2D eigenvalue weighted by Gasteiger charge is 2.35. The first-order chi connectivity index (χ1) is 14.0.